The highest BCUT2D eigenvalue weighted by Crippen LogP contribution is 2.27. The maximum atomic E-state index is 13.0. The van der Waals surface area contributed by atoms with E-state index in [4.69, 9.17) is 4.74 Å². The molecule has 6 nitrogen and oxygen atoms in total. The average Bonchev–Trinajstić information content (AvgIpc) is 3.35. The molecule has 4 aromatic rings. The summed E-state index contributed by atoms with van der Waals surface area (Å²) < 4.78 is 7.95. The zero-order valence-corrected chi connectivity index (χ0v) is 18.0. The predicted octanol–water partition coefficient (Wildman–Crippen LogP) is 4.57. The Morgan fingerprint density at radius 2 is 1.55 bits per heavy atom. The summed E-state index contributed by atoms with van der Waals surface area (Å²) in [5.74, 6) is 0.0882. The van der Waals surface area contributed by atoms with Gasteiger partial charge in [-0.25, -0.2) is 5.01 Å². The number of hydrazine groups is 1. The molecule has 3 aromatic carbocycles. The highest BCUT2D eigenvalue weighted by Gasteiger charge is 2.34. The van der Waals surface area contributed by atoms with E-state index in [0.29, 0.717) is 12.3 Å². The standard InChI is InChI=1S/C27H23N3O3/c31-26-24(27(32)30(28-26)21-10-3-1-4-11-21)18-20-19-29(25-15-8-7-14-23(20)25)16-9-17-33-22-12-5-2-6-13-22/h1-8,10-15,18-19H,9,16-17H2,(H,28,31)/b24-18+. The van der Waals surface area contributed by atoms with Crippen LogP contribution in [0.4, 0.5) is 5.69 Å². The lowest BCUT2D eigenvalue weighted by atomic mass is 10.1. The summed E-state index contributed by atoms with van der Waals surface area (Å²) in [6.07, 6.45) is 4.50. The number of ether oxygens (including phenoxy) is 1. The van der Waals surface area contributed by atoms with Gasteiger partial charge in [-0.05, 0) is 42.8 Å². The average molecular weight is 437 g/mol. The molecule has 6 heteroatoms. The number of carbonyl (C=O) groups is 2. The molecule has 1 aromatic heterocycles. The fourth-order valence-corrected chi connectivity index (χ4v) is 3.99. The van der Waals surface area contributed by atoms with Crippen LogP contribution in [0.3, 0.4) is 0 Å². The van der Waals surface area contributed by atoms with Gasteiger partial charge in [-0.15, -0.1) is 0 Å². The van der Waals surface area contributed by atoms with Crippen molar-refractivity contribution in [2.45, 2.75) is 13.0 Å². The Balaban J connectivity index is 1.37. The summed E-state index contributed by atoms with van der Waals surface area (Å²) in [7, 11) is 0. The van der Waals surface area contributed by atoms with Crippen LogP contribution in [0.25, 0.3) is 17.0 Å². The first-order valence-corrected chi connectivity index (χ1v) is 10.9. The third-order valence-electron chi connectivity index (χ3n) is 5.58. The SMILES string of the molecule is O=C1NN(c2ccccc2)C(=O)/C1=C/c1cn(CCCOc2ccccc2)c2ccccc12. The number of benzene rings is 3. The van der Waals surface area contributed by atoms with E-state index in [2.05, 4.69) is 9.99 Å². The van der Waals surface area contributed by atoms with Crippen molar-refractivity contribution in [1.82, 2.24) is 9.99 Å². The van der Waals surface area contributed by atoms with E-state index in [1.54, 1.807) is 18.2 Å². The van der Waals surface area contributed by atoms with E-state index in [1.165, 1.54) is 5.01 Å². The van der Waals surface area contributed by atoms with Crippen LogP contribution in [0.15, 0.2) is 96.7 Å². The Morgan fingerprint density at radius 3 is 2.33 bits per heavy atom. The van der Waals surface area contributed by atoms with Gasteiger partial charge in [0, 0.05) is 29.2 Å². The number of amides is 2. The monoisotopic (exact) mass is 437 g/mol. The lowest BCUT2D eigenvalue weighted by Crippen LogP contribution is -2.35. The van der Waals surface area contributed by atoms with Crippen molar-refractivity contribution in [2.24, 2.45) is 0 Å². The molecule has 0 unspecified atom stereocenters. The Labute approximate surface area is 191 Å². The van der Waals surface area contributed by atoms with Crippen molar-refractivity contribution >= 4 is 34.5 Å². The van der Waals surface area contributed by atoms with E-state index < -0.39 is 5.91 Å². The maximum absolute atomic E-state index is 13.0. The van der Waals surface area contributed by atoms with Crippen LogP contribution in [0.2, 0.25) is 0 Å². The van der Waals surface area contributed by atoms with Crippen LogP contribution in [-0.4, -0.2) is 23.0 Å². The lowest BCUT2D eigenvalue weighted by Gasteiger charge is -2.13. The molecule has 0 aliphatic carbocycles. The summed E-state index contributed by atoms with van der Waals surface area (Å²) in [5, 5.41) is 2.28. The van der Waals surface area contributed by atoms with E-state index in [-0.39, 0.29) is 11.5 Å². The van der Waals surface area contributed by atoms with Crippen molar-refractivity contribution in [3.63, 3.8) is 0 Å². The zero-order chi connectivity index (χ0) is 22.6. The van der Waals surface area contributed by atoms with Gasteiger partial charge in [-0.2, -0.15) is 0 Å². The number of hydrogen-bond acceptors (Lipinski definition) is 3. The summed E-state index contributed by atoms with van der Waals surface area (Å²) in [5.41, 5.74) is 5.29. The van der Waals surface area contributed by atoms with Crippen molar-refractivity contribution in [3.8, 4) is 5.75 Å². The van der Waals surface area contributed by atoms with Gasteiger partial charge in [0.1, 0.15) is 11.3 Å². The molecule has 2 heterocycles. The summed E-state index contributed by atoms with van der Waals surface area (Å²) >= 11 is 0. The molecule has 1 fully saturated rings. The Kier molecular flexibility index (Phi) is 5.64. The number of fused-ring (bicyclic) bond motifs is 1. The van der Waals surface area contributed by atoms with Crippen molar-refractivity contribution in [1.29, 1.82) is 0 Å². The van der Waals surface area contributed by atoms with Crippen molar-refractivity contribution in [2.75, 3.05) is 11.6 Å². The first kappa shape index (κ1) is 20.6. The molecule has 0 radical (unpaired) electrons. The number of aryl methyl sites for hydroxylation is 1. The highest BCUT2D eigenvalue weighted by molar-refractivity contribution is 6.32. The highest BCUT2D eigenvalue weighted by atomic mass is 16.5. The third-order valence-corrected chi connectivity index (χ3v) is 5.58. The number of nitrogens with one attached hydrogen (secondary N) is 1. The van der Waals surface area contributed by atoms with Gasteiger partial charge < -0.3 is 9.30 Å². The molecule has 1 N–H and O–H groups in total. The first-order valence-electron chi connectivity index (χ1n) is 10.9. The Hall–Kier alpha value is -4.32. The molecule has 5 rings (SSSR count). The van der Waals surface area contributed by atoms with Crippen LogP contribution < -0.4 is 15.2 Å². The van der Waals surface area contributed by atoms with Gasteiger partial charge in [0.05, 0.1) is 12.3 Å². The second-order valence-electron chi connectivity index (χ2n) is 7.79. The second-order valence-corrected chi connectivity index (χ2v) is 7.79. The van der Waals surface area contributed by atoms with Gasteiger partial charge in [0.25, 0.3) is 11.8 Å². The number of nitrogens with zero attached hydrogens (tertiary/aromatic N) is 2. The van der Waals surface area contributed by atoms with Gasteiger partial charge in [-0.3, -0.25) is 15.0 Å². The molecule has 164 valence electrons. The molecule has 1 saturated heterocycles. The van der Waals surface area contributed by atoms with E-state index in [9.17, 15) is 9.59 Å². The molecule has 1 aliphatic rings. The minimum Gasteiger partial charge on any atom is -0.494 e. The van der Waals surface area contributed by atoms with Gasteiger partial charge in [0.2, 0.25) is 0 Å². The lowest BCUT2D eigenvalue weighted by molar-refractivity contribution is -0.117. The topological polar surface area (TPSA) is 63.6 Å². The third kappa shape index (κ3) is 4.23. The summed E-state index contributed by atoms with van der Waals surface area (Å²) in [6.45, 7) is 1.35. The van der Waals surface area contributed by atoms with Crippen LogP contribution in [-0.2, 0) is 16.1 Å². The molecule has 2 amide bonds. The maximum Gasteiger partial charge on any atom is 0.282 e. The number of aromatic nitrogens is 1. The fraction of sp³-hybridized carbons (Fsp3) is 0.111. The van der Waals surface area contributed by atoms with Crippen molar-refractivity contribution in [3.05, 3.63) is 102 Å². The zero-order valence-electron chi connectivity index (χ0n) is 18.0. The van der Waals surface area contributed by atoms with Gasteiger partial charge in [-0.1, -0.05) is 54.6 Å². The molecule has 33 heavy (non-hydrogen) atoms. The fourth-order valence-electron chi connectivity index (χ4n) is 3.99. The van der Waals surface area contributed by atoms with E-state index >= 15 is 0 Å². The molecule has 0 spiro atoms. The second kappa shape index (κ2) is 9.04. The van der Waals surface area contributed by atoms with E-state index in [1.807, 2.05) is 79.0 Å². The Morgan fingerprint density at radius 1 is 0.848 bits per heavy atom. The minimum absolute atomic E-state index is 0.120. The number of para-hydroxylation sites is 3. The molecule has 0 bridgehead atoms. The Bertz CT molecular complexity index is 1330. The van der Waals surface area contributed by atoms with Crippen LogP contribution in [0.5, 0.6) is 5.75 Å². The number of hydrogen-bond donors (Lipinski definition) is 1. The van der Waals surface area contributed by atoms with Gasteiger partial charge in [0.15, 0.2) is 0 Å². The smallest absolute Gasteiger partial charge is 0.282 e. The number of carbonyl (C=O) groups excluding carboxylic acids is 2. The summed E-state index contributed by atoms with van der Waals surface area (Å²) in [4.78, 5) is 25.6. The molecule has 1 aliphatic heterocycles. The molecular formula is C27H23N3O3. The molecular weight excluding hydrogens is 414 g/mol. The largest absolute Gasteiger partial charge is 0.494 e. The first-order chi connectivity index (χ1) is 16.2. The van der Waals surface area contributed by atoms with Crippen LogP contribution >= 0.6 is 0 Å². The predicted molar refractivity (Wildman–Crippen MR) is 129 cm³/mol. The molecule has 0 saturated carbocycles. The summed E-state index contributed by atoms with van der Waals surface area (Å²) in [6, 6.07) is 26.8. The number of anilines is 1. The van der Waals surface area contributed by atoms with E-state index in [0.717, 1.165) is 35.2 Å². The van der Waals surface area contributed by atoms with Gasteiger partial charge >= 0.3 is 0 Å². The normalized spacial score (nSPS) is 14.8. The number of rotatable bonds is 7. The van der Waals surface area contributed by atoms with Crippen LogP contribution in [0, 0.1) is 0 Å². The van der Waals surface area contributed by atoms with Crippen molar-refractivity contribution < 1.29 is 14.3 Å². The molecule has 0 atom stereocenters. The minimum atomic E-state index is -0.406. The van der Waals surface area contributed by atoms with Crippen LogP contribution in [0.1, 0.15) is 12.0 Å². The quantitative estimate of drug-likeness (QED) is 0.262.